The number of hydrogen-bond acceptors (Lipinski definition) is 5. The highest BCUT2D eigenvalue weighted by molar-refractivity contribution is 6.03. The summed E-state index contributed by atoms with van der Waals surface area (Å²) in [6, 6.07) is 15.3. The number of rotatable bonds is 7. The lowest BCUT2D eigenvalue weighted by Gasteiger charge is -2.07. The number of amides is 1. The van der Waals surface area contributed by atoms with Gasteiger partial charge in [-0.25, -0.2) is 9.97 Å². The minimum atomic E-state index is -0.263. The summed E-state index contributed by atoms with van der Waals surface area (Å²) in [5, 5.41) is 7.23. The maximum absolute atomic E-state index is 12.3. The normalized spacial score (nSPS) is 10.7. The zero-order valence-corrected chi connectivity index (χ0v) is 16.0. The van der Waals surface area contributed by atoms with Crippen LogP contribution in [0.5, 0.6) is 5.75 Å². The number of anilines is 2. The first kappa shape index (κ1) is 18.5. The molecule has 1 amide bonds. The fourth-order valence-electron chi connectivity index (χ4n) is 3.06. The van der Waals surface area contributed by atoms with Gasteiger partial charge in [-0.05, 0) is 42.3 Å². The Hall–Kier alpha value is -3.87. The SMILES string of the molecule is COc1ccc(NC(=O)c2cnc(NCCc3c[nH]c4ccccc34)nc2)cc1. The van der Waals surface area contributed by atoms with Gasteiger partial charge in [-0.1, -0.05) is 18.2 Å². The first-order valence-corrected chi connectivity index (χ1v) is 9.29. The van der Waals surface area contributed by atoms with Gasteiger partial charge in [-0.15, -0.1) is 0 Å². The van der Waals surface area contributed by atoms with Gasteiger partial charge in [0.2, 0.25) is 5.95 Å². The topological polar surface area (TPSA) is 91.9 Å². The summed E-state index contributed by atoms with van der Waals surface area (Å²) < 4.78 is 5.11. The van der Waals surface area contributed by atoms with Crippen LogP contribution < -0.4 is 15.4 Å². The van der Waals surface area contributed by atoms with E-state index in [1.165, 1.54) is 23.3 Å². The van der Waals surface area contributed by atoms with Crippen molar-refractivity contribution in [3.63, 3.8) is 0 Å². The second kappa shape index (κ2) is 8.43. The number of carbonyl (C=O) groups is 1. The van der Waals surface area contributed by atoms with E-state index in [1.807, 2.05) is 18.3 Å². The smallest absolute Gasteiger partial charge is 0.258 e. The lowest BCUT2D eigenvalue weighted by Crippen LogP contribution is -2.14. The number of hydrogen-bond donors (Lipinski definition) is 3. The molecular formula is C22H21N5O2. The lowest BCUT2D eigenvalue weighted by atomic mass is 10.1. The van der Waals surface area contributed by atoms with Crippen LogP contribution in [-0.4, -0.2) is 34.5 Å². The van der Waals surface area contributed by atoms with Gasteiger partial charge < -0.3 is 20.4 Å². The number of methoxy groups -OCH3 is 1. The molecule has 0 aliphatic heterocycles. The number of aromatic nitrogens is 3. The Bertz CT molecular complexity index is 1100. The molecule has 0 spiro atoms. The minimum absolute atomic E-state index is 0.263. The van der Waals surface area contributed by atoms with E-state index < -0.39 is 0 Å². The van der Waals surface area contributed by atoms with Crippen molar-refractivity contribution in [1.29, 1.82) is 0 Å². The molecule has 3 N–H and O–H groups in total. The molecule has 2 aromatic heterocycles. The number of H-pyrrole nitrogens is 1. The third kappa shape index (κ3) is 4.35. The summed E-state index contributed by atoms with van der Waals surface area (Å²) in [4.78, 5) is 24.1. The lowest BCUT2D eigenvalue weighted by molar-refractivity contribution is 0.102. The van der Waals surface area contributed by atoms with Crippen molar-refractivity contribution in [2.45, 2.75) is 6.42 Å². The average Bonchev–Trinajstić information content (AvgIpc) is 3.18. The summed E-state index contributed by atoms with van der Waals surface area (Å²) in [5.74, 6) is 0.959. The number of carbonyl (C=O) groups excluding carboxylic acids is 1. The van der Waals surface area contributed by atoms with Crippen molar-refractivity contribution in [2.24, 2.45) is 0 Å². The zero-order chi connectivity index (χ0) is 20.1. The Kier molecular flexibility index (Phi) is 5.38. The first-order chi connectivity index (χ1) is 14.2. The minimum Gasteiger partial charge on any atom is -0.497 e. The molecular weight excluding hydrogens is 366 g/mol. The summed E-state index contributed by atoms with van der Waals surface area (Å²) >= 11 is 0. The molecule has 0 aliphatic rings. The van der Waals surface area contributed by atoms with Crippen LogP contribution in [0.25, 0.3) is 10.9 Å². The number of para-hydroxylation sites is 1. The third-order valence-corrected chi connectivity index (χ3v) is 4.61. The highest BCUT2D eigenvalue weighted by atomic mass is 16.5. The largest absolute Gasteiger partial charge is 0.497 e. The van der Waals surface area contributed by atoms with E-state index in [4.69, 9.17) is 4.74 Å². The number of fused-ring (bicyclic) bond motifs is 1. The molecule has 4 aromatic rings. The summed E-state index contributed by atoms with van der Waals surface area (Å²) in [6.45, 7) is 0.694. The van der Waals surface area contributed by atoms with Gasteiger partial charge in [-0.2, -0.15) is 0 Å². The molecule has 146 valence electrons. The quantitative estimate of drug-likeness (QED) is 0.448. The first-order valence-electron chi connectivity index (χ1n) is 9.29. The fraction of sp³-hybridized carbons (Fsp3) is 0.136. The van der Waals surface area contributed by atoms with E-state index in [-0.39, 0.29) is 5.91 Å². The van der Waals surface area contributed by atoms with Crippen molar-refractivity contribution in [3.05, 3.63) is 78.2 Å². The summed E-state index contributed by atoms with van der Waals surface area (Å²) in [5.41, 5.74) is 3.44. The van der Waals surface area contributed by atoms with Gasteiger partial charge in [0.1, 0.15) is 5.75 Å². The molecule has 0 saturated carbocycles. The summed E-state index contributed by atoms with van der Waals surface area (Å²) in [6.07, 6.45) is 5.90. The maximum atomic E-state index is 12.3. The Balaban J connectivity index is 1.32. The van der Waals surface area contributed by atoms with Crippen molar-refractivity contribution in [3.8, 4) is 5.75 Å². The highest BCUT2D eigenvalue weighted by Crippen LogP contribution is 2.18. The van der Waals surface area contributed by atoms with E-state index >= 15 is 0 Å². The predicted molar refractivity (Wildman–Crippen MR) is 113 cm³/mol. The summed E-state index contributed by atoms with van der Waals surface area (Å²) in [7, 11) is 1.60. The molecule has 2 aromatic carbocycles. The third-order valence-electron chi connectivity index (χ3n) is 4.61. The number of aromatic amines is 1. The Morgan fingerprint density at radius 1 is 1.07 bits per heavy atom. The van der Waals surface area contributed by atoms with Crippen LogP contribution in [0.4, 0.5) is 11.6 Å². The van der Waals surface area contributed by atoms with Gasteiger partial charge >= 0.3 is 0 Å². The van der Waals surface area contributed by atoms with Crippen LogP contribution in [0.1, 0.15) is 15.9 Å². The molecule has 29 heavy (non-hydrogen) atoms. The van der Waals surface area contributed by atoms with Crippen LogP contribution in [0.15, 0.2) is 67.1 Å². The van der Waals surface area contributed by atoms with Gasteiger partial charge in [-0.3, -0.25) is 4.79 Å². The number of ether oxygens (including phenoxy) is 1. The van der Waals surface area contributed by atoms with Crippen LogP contribution in [0.3, 0.4) is 0 Å². The van der Waals surface area contributed by atoms with Gasteiger partial charge in [0.25, 0.3) is 5.91 Å². The molecule has 7 nitrogen and oxygen atoms in total. The number of nitrogens with zero attached hydrogens (tertiary/aromatic N) is 2. The van der Waals surface area contributed by atoms with E-state index in [1.54, 1.807) is 31.4 Å². The van der Waals surface area contributed by atoms with Gasteiger partial charge in [0.15, 0.2) is 0 Å². The zero-order valence-electron chi connectivity index (χ0n) is 16.0. The average molecular weight is 387 g/mol. The van der Waals surface area contributed by atoms with E-state index in [0.717, 1.165) is 17.7 Å². The standard InChI is InChI=1S/C22H21N5O2/c1-29-18-8-6-17(7-9-18)27-21(28)16-13-25-22(26-14-16)23-11-10-15-12-24-20-5-3-2-4-19(15)20/h2-9,12-14,24H,10-11H2,1H3,(H,27,28)(H,23,25,26). The fourth-order valence-corrected chi connectivity index (χ4v) is 3.06. The van der Waals surface area contributed by atoms with Gasteiger partial charge in [0, 0.05) is 41.7 Å². The highest BCUT2D eigenvalue weighted by Gasteiger charge is 2.08. The second-order valence-corrected chi connectivity index (χ2v) is 6.51. The van der Waals surface area contributed by atoms with Crippen molar-refractivity contribution >= 4 is 28.4 Å². The molecule has 0 atom stereocenters. The molecule has 0 unspecified atom stereocenters. The molecule has 0 fully saturated rings. The maximum Gasteiger partial charge on any atom is 0.258 e. The molecule has 0 saturated heterocycles. The van der Waals surface area contributed by atoms with E-state index in [9.17, 15) is 4.79 Å². The van der Waals surface area contributed by atoms with Crippen LogP contribution in [-0.2, 0) is 6.42 Å². The van der Waals surface area contributed by atoms with Crippen molar-refractivity contribution in [2.75, 3.05) is 24.3 Å². The molecule has 0 radical (unpaired) electrons. The van der Waals surface area contributed by atoms with E-state index in [0.29, 0.717) is 23.7 Å². The Morgan fingerprint density at radius 2 is 1.83 bits per heavy atom. The van der Waals surface area contributed by atoms with Crippen LogP contribution >= 0.6 is 0 Å². The van der Waals surface area contributed by atoms with Crippen LogP contribution in [0, 0.1) is 0 Å². The molecule has 0 bridgehead atoms. The predicted octanol–water partition coefficient (Wildman–Crippen LogP) is 3.87. The van der Waals surface area contributed by atoms with Gasteiger partial charge in [0.05, 0.1) is 12.7 Å². The van der Waals surface area contributed by atoms with E-state index in [2.05, 4.69) is 37.7 Å². The van der Waals surface area contributed by atoms with Crippen molar-refractivity contribution < 1.29 is 9.53 Å². The Morgan fingerprint density at radius 3 is 2.59 bits per heavy atom. The van der Waals surface area contributed by atoms with Crippen LogP contribution in [0.2, 0.25) is 0 Å². The second-order valence-electron chi connectivity index (χ2n) is 6.51. The monoisotopic (exact) mass is 387 g/mol. The number of nitrogens with one attached hydrogen (secondary N) is 3. The van der Waals surface area contributed by atoms with Crippen molar-refractivity contribution in [1.82, 2.24) is 15.0 Å². The molecule has 4 rings (SSSR count). The number of benzene rings is 2. The molecule has 7 heteroatoms. The molecule has 0 aliphatic carbocycles. The molecule has 2 heterocycles. The Labute approximate surface area is 168 Å².